The Bertz CT molecular complexity index is 509. The van der Waals surface area contributed by atoms with Crippen LogP contribution in [0.1, 0.15) is 52.4 Å². The van der Waals surface area contributed by atoms with Gasteiger partial charge in [0.25, 0.3) is 0 Å². The van der Waals surface area contributed by atoms with Gasteiger partial charge < -0.3 is 24.8 Å². The largest absolute Gasteiger partial charge is 4.00 e. The van der Waals surface area contributed by atoms with E-state index in [-0.39, 0.29) is 51.0 Å². The van der Waals surface area contributed by atoms with E-state index in [0.717, 1.165) is 12.8 Å². The smallest absolute Gasteiger partial charge is 1.00 e. The second kappa shape index (κ2) is 13.2. The van der Waals surface area contributed by atoms with Crippen LogP contribution in [0.4, 0.5) is 0 Å². The van der Waals surface area contributed by atoms with Crippen molar-refractivity contribution in [3.05, 3.63) is 46.8 Å². The first-order chi connectivity index (χ1) is 11.7. The second-order valence-electron chi connectivity index (χ2n) is 8.16. The van der Waals surface area contributed by atoms with Crippen molar-refractivity contribution in [2.75, 3.05) is 0 Å². The molecule has 0 unspecified atom stereocenters. The molecular weight excluding hydrogens is 483 g/mol. The number of hydrogen-bond acceptors (Lipinski definition) is 0. The minimum absolute atomic E-state index is 0. The van der Waals surface area contributed by atoms with E-state index in [1.165, 1.54) is 37.8 Å². The molecule has 0 amide bonds. The molecule has 5 heteroatoms. The van der Waals surface area contributed by atoms with Crippen molar-refractivity contribution in [2.24, 2.45) is 0 Å². The maximum atomic E-state index is 3.55. The fourth-order valence-corrected chi connectivity index (χ4v) is 13.9. The molecule has 0 aromatic carbocycles. The first kappa shape index (κ1) is 27.9. The summed E-state index contributed by atoms with van der Waals surface area (Å²) in [6.07, 6.45) is 24.3. The molecule has 0 spiro atoms. The van der Waals surface area contributed by atoms with E-state index in [9.17, 15) is 0 Å². The van der Waals surface area contributed by atoms with E-state index in [4.69, 9.17) is 0 Å². The minimum atomic E-state index is -0.891. The first-order valence-electron chi connectivity index (χ1n) is 10.3. The Hall–Kier alpha value is 0.857. The zero-order valence-electron chi connectivity index (χ0n) is 17.1. The van der Waals surface area contributed by atoms with E-state index in [1.54, 1.807) is 34.6 Å². The standard InChI is InChI=1S/2C11H17Si.2ClH.Zr/c2*1-2-8-12(9-5-10-12)11-6-3-4-7-11;;;/h2*3,6H,2,4-5,8-10H2,1H3;2*1H;/q2*-1;;;+4/p-2. The summed E-state index contributed by atoms with van der Waals surface area (Å²) in [6, 6.07) is 9.22. The molecular formula is C22H34Cl2Si2Zr. The molecule has 0 aromatic heterocycles. The normalized spacial score (nSPS) is 22.4. The van der Waals surface area contributed by atoms with Gasteiger partial charge in [0.1, 0.15) is 0 Å². The van der Waals surface area contributed by atoms with Crippen LogP contribution in [0.2, 0.25) is 36.3 Å². The van der Waals surface area contributed by atoms with Crippen molar-refractivity contribution in [2.45, 2.75) is 88.6 Å². The van der Waals surface area contributed by atoms with E-state index >= 15 is 0 Å². The van der Waals surface area contributed by atoms with Crippen LogP contribution in [0.15, 0.2) is 34.7 Å². The average molecular weight is 517 g/mol. The SMILES string of the molecule is CCC[Si]1(C2=[C-]CC=C2)CCC1.CCC[Si]1(C2=[C-]CC=C2)CCC1.[Cl-].[Cl-].[Zr+4]. The summed E-state index contributed by atoms with van der Waals surface area (Å²) >= 11 is 0. The summed E-state index contributed by atoms with van der Waals surface area (Å²) in [5, 5.41) is 3.33. The van der Waals surface area contributed by atoms with Crippen LogP contribution in [0.25, 0.3) is 0 Å². The summed E-state index contributed by atoms with van der Waals surface area (Å²) in [7, 11) is -1.78. The van der Waals surface area contributed by atoms with Gasteiger partial charge in [-0.2, -0.15) is 12.2 Å². The fraction of sp³-hybridized carbons (Fsp3) is 0.636. The van der Waals surface area contributed by atoms with Crippen LogP contribution in [0, 0.1) is 12.2 Å². The van der Waals surface area contributed by atoms with Crippen molar-refractivity contribution >= 4 is 16.1 Å². The maximum Gasteiger partial charge on any atom is 4.00 e. The average Bonchev–Trinajstić information content (AvgIpc) is 3.20. The molecule has 2 fully saturated rings. The Balaban J connectivity index is 0.000000451. The molecule has 0 nitrogen and oxygen atoms in total. The zero-order chi connectivity index (χ0) is 16.9. The van der Waals surface area contributed by atoms with Crippen LogP contribution in [0.5, 0.6) is 0 Å². The minimum Gasteiger partial charge on any atom is -1.00 e. The molecule has 0 aromatic rings. The molecule has 2 aliphatic carbocycles. The van der Waals surface area contributed by atoms with E-state index in [0.29, 0.717) is 0 Å². The molecule has 27 heavy (non-hydrogen) atoms. The van der Waals surface area contributed by atoms with Crippen molar-refractivity contribution in [3.8, 4) is 0 Å². The van der Waals surface area contributed by atoms with Crippen molar-refractivity contribution in [1.82, 2.24) is 0 Å². The third-order valence-corrected chi connectivity index (χ3v) is 17.7. The quantitative estimate of drug-likeness (QED) is 0.365. The summed E-state index contributed by atoms with van der Waals surface area (Å²) in [5.41, 5.74) is 0. The summed E-state index contributed by atoms with van der Waals surface area (Å²) < 4.78 is 0. The van der Waals surface area contributed by atoms with Gasteiger partial charge in [0, 0.05) is 16.1 Å². The number of rotatable bonds is 6. The van der Waals surface area contributed by atoms with Crippen LogP contribution in [-0.2, 0) is 26.2 Å². The van der Waals surface area contributed by atoms with Gasteiger partial charge in [0.05, 0.1) is 0 Å². The van der Waals surface area contributed by atoms with Gasteiger partial charge in [-0.3, -0.25) is 12.2 Å². The Kier molecular flexibility index (Phi) is 13.6. The molecule has 2 saturated heterocycles. The molecule has 0 N–H and O–H groups in total. The van der Waals surface area contributed by atoms with Gasteiger partial charge in [-0.05, 0) is 0 Å². The molecule has 4 rings (SSSR count). The third kappa shape index (κ3) is 6.42. The maximum absolute atomic E-state index is 3.55. The van der Waals surface area contributed by atoms with Gasteiger partial charge in [-0.15, -0.1) is 12.8 Å². The molecule has 2 aliphatic heterocycles. The van der Waals surface area contributed by atoms with E-state index in [2.05, 4.69) is 50.3 Å². The van der Waals surface area contributed by atoms with Gasteiger partial charge in [-0.25, -0.2) is 22.5 Å². The Morgan fingerprint density at radius 3 is 1.30 bits per heavy atom. The van der Waals surface area contributed by atoms with Crippen LogP contribution >= 0.6 is 0 Å². The van der Waals surface area contributed by atoms with Crippen molar-refractivity contribution in [1.29, 1.82) is 0 Å². The summed E-state index contributed by atoms with van der Waals surface area (Å²) in [6.45, 7) is 4.65. The third-order valence-electron chi connectivity index (χ3n) is 6.61. The van der Waals surface area contributed by atoms with Crippen LogP contribution in [0.3, 0.4) is 0 Å². The van der Waals surface area contributed by atoms with Gasteiger partial charge in [0.15, 0.2) is 0 Å². The molecule has 2 heterocycles. The molecule has 0 bridgehead atoms. The van der Waals surface area contributed by atoms with Gasteiger partial charge in [-0.1, -0.05) is 75.8 Å². The predicted octanol–water partition coefficient (Wildman–Crippen LogP) is 0.961. The van der Waals surface area contributed by atoms with Gasteiger partial charge >= 0.3 is 26.2 Å². The van der Waals surface area contributed by atoms with Gasteiger partial charge in [0.2, 0.25) is 0 Å². The summed E-state index contributed by atoms with van der Waals surface area (Å²) in [5.74, 6) is 0. The zero-order valence-corrected chi connectivity index (χ0v) is 23.0. The molecule has 0 atom stereocenters. The molecule has 0 radical (unpaired) electrons. The number of halogens is 2. The Labute approximate surface area is 201 Å². The van der Waals surface area contributed by atoms with Crippen molar-refractivity contribution in [3.63, 3.8) is 0 Å². The van der Waals surface area contributed by atoms with E-state index < -0.39 is 16.1 Å². The monoisotopic (exact) mass is 514 g/mol. The number of hydrogen-bond donors (Lipinski definition) is 0. The number of allylic oxidation sites excluding steroid dienone is 8. The van der Waals surface area contributed by atoms with Crippen LogP contribution < -0.4 is 24.8 Å². The topological polar surface area (TPSA) is 0 Å². The van der Waals surface area contributed by atoms with Crippen LogP contribution in [-0.4, -0.2) is 16.1 Å². The first-order valence-corrected chi connectivity index (χ1v) is 15.5. The predicted molar refractivity (Wildman–Crippen MR) is 111 cm³/mol. The Morgan fingerprint density at radius 2 is 1.11 bits per heavy atom. The van der Waals surface area contributed by atoms with Crippen molar-refractivity contribution < 1.29 is 51.0 Å². The Morgan fingerprint density at radius 1 is 0.741 bits per heavy atom. The molecule has 148 valence electrons. The molecule has 4 aliphatic rings. The molecule has 0 saturated carbocycles. The summed E-state index contributed by atoms with van der Waals surface area (Å²) in [4.78, 5) is 0. The van der Waals surface area contributed by atoms with E-state index in [1.807, 2.05) is 0 Å². The fourth-order valence-electron chi connectivity index (χ4n) is 5.01. The second-order valence-corrected chi connectivity index (χ2v) is 17.4.